The molecule has 0 saturated heterocycles. The summed E-state index contributed by atoms with van der Waals surface area (Å²) in [6.45, 7) is 2.84. The molecule has 0 aliphatic heterocycles. The second kappa shape index (κ2) is 8.20. The molecule has 0 fully saturated rings. The van der Waals surface area contributed by atoms with Crippen LogP contribution in [0.1, 0.15) is 35.7 Å². The van der Waals surface area contributed by atoms with Crippen LogP contribution >= 0.6 is 11.6 Å². The molecule has 8 heteroatoms. The Labute approximate surface area is 148 Å². The van der Waals surface area contributed by atoms with Gasteiger partial charge < -0.3 is 10.6 Å². The summed E-state index contributed by atoms with van der Waals surface area (Å²) < 4.78 is 38.3. The molecule has 134 valence electrons. The van der Waals surface area contributed by atoms with Crippen molar-refractivity contribution >= 4 is 29.0 Å². The van der Waals surface area contributed by atoms with Crippen LogP contribution < -0.4 is 10.6 Å². The summed E-state index contributed by atoms with van der Waals surface area (Å²) in [5, 5.41) is 5.51. The van der Waals surface area contributed by atoms with Crippen molar-refractivity contribution in [3.8, 4) is 0 Å². The van der Waals surface area contributed by atoms with E-state index >= 15 is 0 Å². The fourth-order valence-electron chi connectivity index (χ4n) is 2.02. The van der Waals surface area contributed by atoms with E-state index in [0.717, 1.165) is 37.6 Å². The maximum Gasteiger partial charge on any atom is 0.416 e. The van der Waals surface area contributed by atoms with Gasteiger partial charge in [-0.05, 0) is 36.8 Å². The summed E-state index contributed by atoms with van der Waals surface area (Å²) >= 11 is 5.87. The Bertz CT molecular complexity index is 733. The molecule has 0 spiro atoms. The molecule has 2 aromatic rings. The van der Waals surface area contributed by atoms with Gasteiger partial charge in [-0.2, -0.15) is 13.2 Å². The summed E-state index contributed by atoms with van der Waals surface area (Å²) in [6.07, 6.45) is -1.12. The zero-order valence-electron chi connectivity index (χ0n) is 13.5. The number of nitrogens with one attached hydrogen (secondary N) is 2. The van der Waals surface area contributed by atoms with Crippen LogP contribution in [-0.4, -0.2) is 17.4 Å². The highest BCUT2D eigenvalue weighted by molar-refractivity contribution is 6.34. The molecular weight excluding hydrogens is 355 g/mol. The molecular formula is C17H17ClF3N3O. The van der Waals surface area contributed by atoms with Crippen LogP contribution in [0.25, 0.3) is 0 Å². The Balaban J connectivity index is 2.09. The van der Waals surface area contributed by atoms with Gasteiger partial charge in [0.15, 0.2) is 0 Å². The van der Waals surface area contributed by atoms with Gasteiger partial charge in [0.05, 0.1) is 21.8 Å². The predicted molar refractivity (Wildman–Crippen MR) is 92.0 cm³/mol. The van der Waals surface area contributed by atoms with E-state index in [9.17, 15) is 18.0 Å². The van der Waals surface area contributed by atoms with Crippen LogP contribution in [0.15, 0.2) is 36.5 Å². The molecule has 1 amide bonds. The van der Waals surface area contributed by atoms with Crippen molar-refractivity contribution in [3.05, 3.63) is 52.7 Å². The molecule has 1 aromatic heterocycles. The van der Waals surface area contributed by atoms with Crippen molar-refractivity contribution in [1.29, 1.82) is 0 Å². The van der Waals surface area contributed by atoms with Crippen molar-refractivity contribution in [2.45, 2.75) is 25.9 Å². The Kier molecular flexibility index (Phi) is 6.25. The van der Waals surface area contributed by atoms with Crippen molar-refractivity contribution in [3.63, 3.8) is 0 Å². The number of carbonyl (C=O) groups excluding carboxylic acids is 1. The number of carbonyl (C=O) groups is 1. The molecule has 0 bridgehead atoms. The van der Waals surface area contributed by atoms with Crippen LogP contribution in [0, 0.1) is 0 Å². The normalized spacial score (nSPS) is 11.2. The van der Waals surface area contributed by atoms with Crippen LogP contribution in [0.5, 0.6) is 0 Å². The minimum Gasteiger partial charge on any atom is -0.370 e. The van der Waals surface area contributed by atoms with E-state index in [1.54, 1.807) is 6.07 Å². The molecule has 1 heterocycles. The molecule has 0 radical (unpaired) electrons. The Morgan fingerprint density at radius 3 is 2.60 bits per heavy atom. The highest BCUT2D eigenvalue weighted by Crippen LogP contribution is 2.33. The minimum atomic E-state index is -4.52. The Morgan fingerprint density at radius 1 is 1.24 bits per heavy atom. The van der Waals surface area contributed by atoms with Gasteiger partial charge in [-0.1, -0.05) is 24.9 Å². The van der Waals surface area contributed by atoms with Gasteiger partial charge >= 0.3 is 6.18 Å². The lowest BCUT2D eigenvalue weighted by Gasteiger charge is -2.12. The Hall–Kier alpha value is -2.28. The van der Waals surface area contributed by atoms with Gasteiger partial charge in [-0.15, -0.1) is 0 Å². The lowest BCUT2D eigenvalue weighted by Crippen LogP contribution is -2.14. The van der Waals surface area contributed by atoms with E-state index < -0.39 is 17.6 Å². The first-order valence-corrected chi connectivity index (χ1v) is 8.07. The second-order valence-electron chi connectivity index (χ2n) is 5.36. The van der Waals surface area contributed by atoms with E-state index in [0.29, 0.717) is 5.82 Å². The largest absolute Gasteiger partial charge is 0.416 e. The zero-order chi connectivity index (χ0) is 18.4. The van der Waals surface area contributed by atoms with E-state index in [1.165, 1.54) is 12.3 Å². The summed E-state index contributed by atoms with van der Waals surface area (Å²) in [6, 6.07) is 5.93. The summed E-state index contributed by atoms with van der Waals surface area (Å²) in [7, 11) is 0. The molecule has 0 unspecified atom stereocenters. The summed E-state index contributed by atoms with van der Waals surface area (Å²) in [5.41, 5.74) is -0.776. The van der Waals surface area contributed by atoms with Crippen LogP contribution in [0.3, 0.4) is 0 Å². The third-order valence-corrected chi connectivity index (χ3v) is 3.73. The fourth-order valence-corrected chi connectivity index (χ4v) is 2.18. The van der Waals surface area contributed by atoms with Crippen molar-refractivity contribution in [2.24, 2.45) is 0 Å². The van der Waals surface area contributed by atoms with Crippen LogP contribution in [-0.2, 0) is 6.18 Å². The number of anilines is 2. The van der Waals surface area contributed by atoms with Gasteiger partial charge in [-0.3, -0.25) is 4.79 Å². The van der Waals surface area contributed by atoms with Crippen molar-refractivity contribution in [2.75, 3.05) is 17.2 Å². The maximum atomic E-state index is 12.8. The number of hydrogen-bond acceptors (Lipinski definition) is 3. The van der Waals surface area contributed by atoms with Crippen LogP contribution in [0.4, 0.5) is 24.7 Å². The SMILES string of the molecule is CCCCNc1ccc(C(=O)Nc2cc(C(F)(F)F)ccc2Cl)cn1. The molecule has 2 rings (SSSR count). The number of hydrogen-bond donors (Lipinski definition) is 2. The zero-order valence-corrected chi connectivity index (χ0v) is 14.2. The quantitative estimate of drug-likeness (QED) is 0.684. The smallest absolute Gasteiger partial charge is 0.370 e. The Morgan fingerprint density at radius 2 is 2.00 bits per heavy atom. The molecule has 1 aromatic carbocycles. The standard InChI is InChI=1S/C17H17ClF3N3O/c1-2-3-8-22-15-7-4-11(10-23-15)16(25)24-14-9-12(17(19,20)21)5-6-13(14)18/h4-7,9-10H,2-3,8H2,1H3,(H,22,23)(H,24,25). The lowest BCUT2D eigenvalue weighted by molar-refractivity contribution is -0.137. The highest BCUT2D eigenvalue weighted by Gasteiger charge is 2.31. The molecule has 0 atom stereocenters. The van der Waals surface area contributed by atoms with Gasteiger partial charge in [-0.25, -0.2) is 4.98 Å². The number of unbranched alkanes of at least 4 members (excludes halogenated alkanes) is 1. The molecule has 2 N–H and O–H groups in total. The minimum absolute atomic E-state index is 0.0205. The number of benzene rings is 1. The topological polar surface area (TPSA) is 54.0 Å². The maximum absolute atomic E-state index is 12.8. The lowest BCUT2D eigenvalue weighted by atomic mass is 10.2. The molecule has 0 aliphatic rings. The number of rotatable bonds is 6. The van der Waals surface area contributed by atoms with E-state index in [4.69, 9.17) is 11.6 Å². The van der Waals surface area contributed by atoms with E-state index in [1.807, 2.05) is 0 Å². The summed E-state index contributed by atoms with van der Waals surface area (Å²) in [4.78, 5) is 16.3. The third kappa shape index (κ3) is 5.35. The monoisotopic (exact) mass is 371 g/mol. The number of pyridine rings is 1. The van der Waals surface area contributed by atoms with Gasteiger partial charge in [0.2, 0.25) is 0 Å². The van der Waals surface area contributed by atoms with Gasteiger partial charge in [0.1, 0.15) is 5.82 Å². The fraction of sp³-hybridized carbons (Fsp3) is 0.294. The summed E-state index contributed by atoms with van der Waals surface area (Å²) in [5.74, 6) is 0.0379. The number of nitrogens with zero attached hydrogens (tertiary/aromatic N) is 1. The predicted octanol–water partition coefficient (Wildman–Crippen LogP) is 5.22. The van der Waals surface area contributed by atoms with Crippen molar-refractivity contribution < 1.29 is 18.0 Å². The average molecular weight is 372 g/mol. The molecule has 4 nitrogen and oxygen atoms in total. The third-order valence-electron chi connectivity index (χ3n) is 3.40. The van der Waals surface area contributed by atoms with Gasteiger partial charge in [0.25, 0.3) is 5.91 Å². The molecule has 25 heavy (non-hydrogen) atoms. The van der Waals surface area contributed by atoms with E-state index in [2.05, 4.69) is 22.5 Å². The number of amides is 1. The second-order valence-corrected chi connectivity index (χ2v) is 5.77. The van der Waals surface area contributed by atoms with E-state index in [-0.39, 0.29) is 16.3 Å². The van der Waals surface area contributed by atoms with Gasteiger partial charge in [0, 0.05) is 12.7 Å². The molecule has 0 saturated carbocycles. The molecule has 0 aliphatic carbocycles. The first-order chi connectivity index (χ1) is 11.8. The first kappa shape index (κ1) is 19.1. The number of aromatic nitrogens is 1. The van der Waals surface area contributed by atoms with Crippen LogP contribution in [0.2, 0.25) is 5.02 Å². The average Bonchev–Trinajstić information content (AvgIpc) is 2.56. The highest BCUT2D eigenvalue weighted by atomic mass is 35.5. The van der Waals surface area contributed by atoms with Crippen molar-refractivity contribution in [1.82, 2.24) is 4.98 Å². The number of alkyl halides is 3. The number of halogens is 4. The first-order valence-electron chi connectivity index (χ1n) is 7.69.